The van der Waals surface area contributed by atoms with E-state index in [9.17, 15) is 4.39 Å². The summed E-state index contributed by atoms with van der Waals surface area (Å²) in [5, 5.41) is 0. The van der Waals surface area contributed by atoms with E-state index >= 15 is 0 Å². The summed E-state index contributed by atoms with van der Waals surface area (Å²) in [6.45, 7) is 5.46. The first kappa shape index (κ1) is 23.2. The maximum absolute atomic E-state index is 14.1. The Morgan fingerprint density at radius 1 is 1.03 bits per heavy atom. The van der Waals surface area contributed by atoms with Crippen LogP contribution < -0.4 is 11.5 Å². The molecule has 0 spiro atoms. The van der Waals surface area contributed by atoms with Crippen LogP contribution in [-0.4, -0.2) is 19.6 Å². The number of carbonyl (C=O) groups is 1. The Hall–Kier alpha value is -1.42. The van der Waals surface area contributed by atoms with E-state index in [0.717, 1.165) is 31.2 Å². The maximum Gasteiger partial charge on any atom is 0.204 e. The van der Waals surface area contributed by atoms with Gasteiger partial charge in [-0.15, -0.1) is 0 Å². The van der Waals surface area contributed by atoms with Crippen LogP contribution in [0, 0.1) is 28.6 Å². The van der Waals surface area contributed by atoms with Crippen molar-refractivity contribution >= 4 is 6.41 Å². The lowest BCUT2D eigenvalue weighted by Crippen LogP contribution is -2.52. The van der Waals surface area contributed by atoms with E-state index in [1.54, 1.807) is 0 Å². The van der Waals surface area contributed by atoms with Crippen molar-refractivity contribution in [3.05, 3.63) is 35.9 Å². The van der Waals surface area contributed by atoms with Gasteiger partial charge in [-0.2, -0.15) is 0 Å². The van der Waals surface area contributed by atoms with Crippen molar-refractivity contribution in [3.8, 4) is 0 Å². The van der Waals surface area contributed by atoms with Gasteiger partial charge in [-0.1, -0.05) is 44.2 Å². The Morgan fingerprint density at radius 3 is 2.23 bits per heavy atom. The molecule has 4 rings (SSSR count). The normalized spacial score (nSPS) is 40.7. The minimum Gasteiger partial charge on any atom is -0.372 e. The summed E-state index contributed by atoms with van der Waals surface area (Å²) in [6, 6.07) is 11.1. The third-order valence-corrected chi connectivity index (χ3v) is 8.60. The molecule has 4 N–H and O–H groups in total. The molecule has 4 heteroatoms. The smallest absolute Gasteiger partial charge is 0.204 e. The number of hydrogen-bond acceptors (Lipinski definition) is 2. The Labute approximate surface area is 182 Å². The van der Waals surface area contributed by atoms with Crippen LogP contribution in [0.5, 0.6) is 0 Å². The number of rotatable bonds is 4. The van der Waals surface area contributed by atoms with Gasteiger partial charge >= 0.3 is 0 Å². The SMILES string of the molecule is CC1(C2CCC(CN)CC2)CC2CC(c3ccccc3)(C1)C[C@@](C)(CF)C2.NC=O. The number of amides is 1. The highest BCUT2D eigenvalue weighted by molar-refractivity contribution is 5.42. The molecule has 3 saturated carbocycles. The van der Waals surface area contributed by atoms with Crippen molar-refractivity contribution in [1.29, 1.82) is 0 Å². The van der Waals surface area contributed by atoms with E-state index in [1.165, 1.54) is 50.5 Å². The van der Waals surface area contributed by atoms with Crippen LogP contribution in [0.3, 0.4) is 0 Å². The van der Waals surface area contributed by atoms with E-state index in [-0.39, 0.29) is 23.9 Å². The van der Waals surface area contributed by atoms with Gasteiger partial charge in [0.2, 0.25) is 6.41 Å². The van der Waals surface area contributed by atoms with Gasteiger partial charge in [-0.25, -0.2) is 0 Å². The van der Waals surface area contributed by atoms with Crippen LogP contribution in [0.4, 0.5) is 4.39 Å². The summed E-state index contributed by atoms with van der Waals surface area (Å²) in [7, 11) is 0. The van der Waals surface area contributed by atoms with Crippen LogP contribution in [0.15, 0.2) is 30.3 Å². The van der Waals surface area contributed by atoms with Gasteiger partial charge in [0.15, 0.2) is 0 Å². The summed E-state index contributed by atoms with van der Waals surface area (Å²) < 4.78 is 14.1. The Bertz CT molecular complexity index is 690. The minimum absolute atomic E-state index is 0.142. The second kappa shape index (κ2) is 9.38. The molecule has 1 aromatic rings. The molecular weight excluding hydrogens is 375 g/mol. The molecule has 3 nitrogen and oxygen atoms in total. The van der Waals surface area contributed by atoms with Gasteiger partial charge in [0.25, 0.3) is 0 Å². The van der Waals surface area contributed by atoms with E-state index in [0.29, 0.717) is 11.3 Å². The molecule has 168 valence electrons. The molecule has 3 aliphatic carbocycles. The van der Waals surface area contributed by atoms with Gasteiger partial charge < -0.3 is 11.5 Å². The molecule has 0 aromatic heterocycles. The molecule has 1 amide bonds. The summed E-state index contributed by atoms with van der Waals surface area (Å²) in [6.07, 6.45) is 11.5. The number of nitrogens with two attached hydrogens (primary N) is 2. The number of halogens is 1. The number of alkyl halides is 1. The fourth-order valence-corrected chi connectivity index (χ4v) is 7.69. The summed E-state index contributed by atoms with van der Waals surface area (Å²) in [5.41, 5.74) is 12.0. The second-order valence-corrected chi connectivity index (χ2v) is 11.2. The largest absolute Gasteiger partial charge is 0.372 e. The predicted molar refractivity (Wildman–Crippen MR) is 122 cm³/mol. The molecule has 4 atom stereocenters. The van der Waals surface area contributed by atoms with E-state index < -0.39 is 0 Å². The third-order valence-electron chi connectivity index (χ3n) is 8.60. The average Bonchev–Trinajstić information content (AvgIpc) is 2.74. The zero-order chi connectivity index (χ0) is 21.8. The van der Waals surface area contributed by atoms with Crippen molar-refractivity contribution in [1.82, 2.24) is 0 Å². The van der Waals surface area contributed by atoms with Gasteiger partial charge in [0.1, 0.15) is 0 Å². The second-order valence-electron chi connectivity index (χ2n) is 11.2. The minimum atomic E-state index is -0.170. The number of primary amides is 1. The van der Waals surface area contributed by atoms with Crippen molar-refractivity contribution in [2.45, 2.75) is 77.0 Å². The predicted octanol–water partition coefficient (Wildman–Crippen LogP) is 5.37. The fourth-order valence-electron chi connectivity index (χ4n) is 7.69. The van der Waals surface area contributed by atoms with Crippen molar-refractivity contribution < 1.29 is 9.18 Å². The summed E-state index contributed by atoms with van der Waals surface area (Å²) in [4.78, 5) is 8.58. The zero-order valence-corrected chi connectivity index (χ0v) is 18.9. The summed E-state index contributed by atoms with van der Waals surface area (Å²) in [5.74, 6) is 2.23. The van der Waals surface area contributed by atoms with E-state index in [4.69, 9.17) is 10.5 Å². The highest BCUT2D eigenvalue weighted by atomic mass is 19.1. The monoisotopic (exact) mass is 416 g/mol. The van der Waals surface area contributed by atoms with Crippen LogP contribution in [-0.2, 0) is 10.2 Å². The van der Waals surface area contributed by atoms with Crippen LogP contribution in [0.25, 0.3) is 0 Å². The molecular formula is C26H41FN2O. The van der Waals surface area contributed by atoms with Gasteiger partial charge in [-0.05, 0) is 104 Å². The number of benzene rings is 1. The summed E-state index contributed by atoms with van der Waals surface area (Å²) >= 11 is 0. The van der Waals surface area contributed by atoms with E-state index in [2.05, 4.69) is 49.9 Å². The first-order valence-electron chi connectivity index (χ1n) is 11.8. The van der Waals surface area contributed by atoms with Gasteiger partial charge in [0.05, 0.1) is 6.67 Å². The van der Waals surface area contributed by atoms with Crippen LogP contribution in [0.2, 0.25) is 0 Å². The molecule has 3 unspecified atom stereocenters. The maximum atomic E-state index is 14.1. The number of hydrogen-bond donors (Lipinski definition) is 2. The lowest BCUT2D eigenvalue weighted by atomic mass is 9.45. The first-order valence-corrected chi connectivity index (χ1v) is 11.8. The van der Waals surface area contributed by atoms with Crippen LogP contribution in [0.1, 0.15) is 77.2 Å². The molecule has 3 aliphatic rings. The van der Waals surface area contributed by atoms with E-state index in [1.807, 2.05) is 0 Å². The lowest BCUT2D eigenvalue weighted by Gasteiger charge is -2.60. The lowest BCUT2D eigenvalue weighted by molar-refractivity contribution is -0.106. The van der Waals surface area contributed by atoms with Crippen LogP contribution >= 0.6 is 0 Å². The van der Waals surface area contributed by atoms with Gasteiger partial charge in [-0.3, -0.25) is 9.18 Å². The topological polar surface area (TPSA) is 69.1 Å². The Balaban J connectivity index is 0.000000806. The molecule has 2 bridgehead atoms. The highest BCUT2D eigenvalue weighted by Crippen LogP contribution is 2.64. The molecule has 0 heterocycles. The quantitative estimate of drug-likeness (QED) is 0.648. The molecule has 30 heavy (non-hydrogen) atoms. The molecule has 3 fully saturated rings. The number of carbonyl (C=O) groups excluding carboxylic acids is 1. The molecule has 0 saturated heterocycles. The molecule has 1 aromatic carbocycles. The Morgan fingerprint density at radius 2 is 1.67 bits per heavy atom. The van der Waals surface area contributed by atoms with Gasteiger partial charge in [0, 0.05) is 0 Å². The third kappa shape index (κ3) is 4.74. The standard InChI is InChI=1S/C25H38FN.CH3NO/c1-23(18-26)12-20-13-24(2,21-10-8-19(15-27)9-11-21)17-25(14-20,16-23)22-6-4-3-5-7-22;2-1-3/h3-7,19-21H,8-18,27H2,1-2H3;1H,(H2,2,3)/t19?,20?,21?,23-,24?,25?;/m0./s1. The number of fused-ring (bicyclic) bond motifs is 2. The fraction of sp³-hybridized carbons (Fsp3) is 0.731. The highest BCUT2D eigenvalue weighted by Gasteiger charge is 2.56. The average molecular weight is 417 g/mol. The molecule has 0 radical (unpaired) electrons. The molecule has 0 aliphatic heterocycles. The first-order chi connectivity index (χ1) is 14.3. The Kier molecular flexibility index (Phi) is 7.27. The van der Waals surface area contributed by atoms with Crippen molar-refractivity contribution in [2.75, 3.05) is 13.2 Å². The van der Waals surface area contributed by atoms with Crippen molar-refractivity contribution in [3.63, 3.8) is 0 Å². The van der Waals surface area contributed by atoms with Crippen molar-refractivity contribution in [2.24, 2.45) is 40.1 Å². The zero-order valence-electron chi connectivity index (χ0n) is 18.9.